The highest BCUT2D eigenvalue weighted by atomic mass is 35.5. The molecule has 2 amide bonds. The maximum absolute atomic E-state index is 13.8. The molecule has 1 N–H and O–H groups in total. The molecule has 10 heteroatoms. The van der Waals surface area contributed by atoms with Crippen LogP contribution in [0.15, 0.2) is 77.7 Å². The summed E-state index contributed by atoms with van der Waals surface area (Å²) in [6, 6.07) is 18.7. The Kier molecular flexibility index (Phi) is 10.2. The summed E-state index contributed by atoms with van der Waals surface area (Å²) in [4.78, 5) is 28.1. The van der Waals surface area contributed by atoms with E-state index in [2.05, 4.69) is 5.32 Å². The molecule has 7 nitrogen and oxygen atoms in total. The second-order valence-electron chi connectivity index (χ2n) is 8.92. The van der Waals surface area contributed by atoms with Gasteiger partial charge in [0.05, 0.1) is 10.6 Å². The summed E-state index contributed by atoms with van der Waals surface area (Å²) < 4.78 is 28.5. The number of carbonyl (C=O) groups is 2. The number of aryl methyl sites for hydroxylation is 1. The van der Waals surface area contributed by atoms with Gasteiger partial charge in [0.15, 0.2) is 0 Å². The topological polar surface area (TPSA) is 86.8 Å². The molecule has 0 unspecified atom stereocenters. The van der Waals surface area contributed by atoms with Crippen molar-refractivity contribution in [3.05, 3.63) is 94.0 Å². The normalized spacial score (nSPS) is 12.0. The minimum Gasteiger partial charge on any atom is -0.354 e. The van der Waals surface area contributed by atoms with Gasteiger partial charge < -0.3 is 10.2 Å². The van der Waals surface area contributed by atoms with E-state index in [1.54, 1.807) is 25.1 Å². The molecule has 202 valence electrons. The fourth-order valence-electron chi connectivity index (χ4n) is 3.76. The summed E-state index contributed by atoms with van der Waals surface area (Å²) in [7, 11) is -4.19. The van der Waals surface area contributed by atoms with E-state index in [1.807, 2.05) is 38.1 Å². The SMILES string of the molecule is CCCNC(=O)[C@@H](C)N(Cc1ccc(C)cc1)C(=O)CN(c1cccc(Cl)c1)S(=O)(=O)c1ccc(Cl)cc1. The van der Waals surface area contributed by atoms with Crippen LogP contribution in [0.1, 0.15) is 31.4 Å². The zero-order valence-corrected chi connectivity index (χ0v) is 23.9. The molecule has 0 aromatic heterocycles. The summed E-state index contributed by atoms with van der Waals surface area (Å²) in [6.07, 6.45) is 0.742. The standard InChI is InChI=1S/C28H31Cl2N3O4S/c1-4-16-31-28(35)21(3)32(18-22-10-8-20(2)9-11-22)27(34)19-33(25-7-5-6-24(30)17-25)38(36,37)26-14-12-23(29)13-15-26/h5-15,17,21H,4,16,18-19H2,1-3H3,(H,31,35)/t21-/m1/s1. The number of benzene rings is 3. The predicted octanol–water partition coefficient (Wildman–Crippen LogP) is 5.44. The van der Waals surface area contributed by atoms with Crippen molar-refractivity contribution in [3.63, 3.8) is 0 Å². The number of sulfonamides is 1. The third kappa shape index (κ3) is 7.49. The first-order valence-electron chi connectivity index (χ1n) is 12.2. The van der Waals surface area contributed by atoms with Gasteiger partial charge in [0.25, 0.3) is 10.0 Å². The van der Waals surface area contributed by atoms with Crippen molar-refractivity contribution in [1.29, 1.82) is 0 Å². The molecule has 0 spiro atoms. The van der Waals surface area contributed by atoms with Crippen LogP contribution < -0.4 is 9.62 Å². The molecule has 0 saturated carbocycles. The summed E-state index contributed by atoms with van der Waals surface area (Å²) in [6.45, 7) is 5.58. The Bertz CT molecular complexity index is 1360. The van der Waals surface area contributed by atoms with Crippen LogP contribution >= 0.6 is 23.2 Å². The minimum atomic E-state index is -4.19. The molecular formula is C28H31Cl2N3O4S. The van der Waals surface area contributed by atoms with Crippen molar-refractivity contribution in [1.82, 2.24) is 10.2 Å². The minimum absolute atomic E-state index is 0.0338. The zero-order valence-electron chi connectivity index (χ0n) is 21.5. The third-order valence-corrected chi connectivity index (χ3v) is 8.24. The van der Waals surface area contributed by atoms with Crippen molar-refractivity contribution in [2.45, 2.75) is 44.7 Å². The van der Waals surface area contributed by atoms with Crippen molar-refractivity contribution >= 4 is 50.7 Å². The van der Waals surface area contributed by atoms with Crippen molar-refractivity contribution in [2.24, 2.45) is 0 Å². The lowest BCUT2D eigenvalue weighted by Gasteiger charge is -2.32. The number of rotatable bonds is 11. The second kappa shape index (κ2) is 13.1. The first-order valence-corrected chi connectivity index (χ1v) is 14.4. The number of amides is 2. The van der Waals surface area contributed by atoms with E-state index in [0.717, 1.165) is 21.9 Å². The average molecular weight is 577 g/mol. The Balaban J connectivity index is 2.01. The molecular weight excluding hydrogens is 545 g/mol. The van der Waals surface area contributed by atoms with Crippen LogP contribution in [-0.4, -0.2) is 44.3 Å². The Morgan fingerprint density at radius 1 is 0.947 bits per heavy atom. The number of nitrogens with one attached hydrogen (secondary N) is 1. The molecule has 1 atom stereocenters. The monoisotopic (exact) mass is 575 g/mol. The highest BCUT2D eigenvalue weighted by molar-refractivity contribution is 7.92. The molecule has 0 fully saturated rings. The van der Waals surface area contributed by atoms with Gasteiger partial charge >= 0.3 is 0 Å². The lowest BCUT2D eigenvalue weighted by atomic mass is 10.1. The van der Waals surface area contributed by atoms with E-state index in [1.165, 1.54) is 35.2 Å². The molecule has 0 aliphatic heterocycles. The van der Waals surface area contributed by atoms with Crippen LogP contribution in [0.25, 0.3) is 0 Å². The fraction of sp³-hybridized carbons (Fsp3) is 0.286. The van der Waals surface area contributed by atoms with Crippen LogP contribution in [-0.2, 0) is 26.2 Å². The molecule has 38 heavy (non-hydrogen) atoms. The molecule has 0 saturated heterocycles. The molecule has 3 rings (SSSR count). The molecule has 0 radical (unpaired) electrons. The van der Waals surface area contributed by atoms with Crippen LogP contribution in [0.2, 0.25) is 10.0 Å². The molecule has 3 aromatic rings. The Morgan fingerprint density at radius 2 is 1.61 bits per heavy atom. The van der Waals surface area contributed by atoms with E-state index < -0.39 is 28.5 Å². The predicted molar refractivity (Wildman–Crippen MR) is 152 cm³/mol. The van der Waals surface area contributed by atoms with Gasteiger partial charge in [0.2, 0.25) is 11.8 Å². The summed E-state index contributed by atoms with van der Waals surface area (Å²) in [5.74, 6) is -0.857. The number of carbonyl (C=O) groups excluding carboxylic acids is 2. The summed E-state index contributed by atoms with van der Waals surface area (Å²) in [5, 5.41) is 3.52. The van der Waals surface area contributed by atoms with Crippen LogP contribution in [0, 0.1) is 6.92 Å². The van der Waals surface area contributed by atoms with Gasteiger partial charge in [-0.15, -0.1) is 0 Å². The van der Waals surface area contributed by atoms with Gasteiger partial charge in [-0.2, -0.15) is 0 Å². The van der Waals surface area contributed by atoms with Crippen molar-refractivity contribution in [2.75, 3.05) is 17.4 Å². The molecule has 0 aliphatic rings. The van der Waals surface area contributed by atoms with E-state index in [-0.39, 0.29) is 23.0 Å². The van der Waals surface area contributed by atoms with Gasteiger partial charge in [0, 0.05) is 23.1 Å². The zero-order chi connectivity index (χ0) is 27.9. The summed E-state index contributed by atoms with van der Waals surface area (Å²) in [5.41, 5.74) is 2.09. The molecule has 0 heterocycles. The van der Waals surface area contributed by atoms with E-state index >= 15 is 0 Å². The Hall–Kier alpha value is -3.07. The number of anilines is 1. The molecule has 3 aromatic carbocycles. The van der Waals surface area contributed by atoms with Crippen LogP contribution in [0.4, 0.5) is 5.69 Å². The van der Waals surface area contributed by atoms with Gasteiger partial charge in [-0.25, -0.2) is 8.42 Å². The lowest BCUT2D eigenvalue weighted by Crippen LogP contribution is -2.51. The Labute approximate surface area is 234 Å². The fourth-order valence-corrected chi connectivity index (χ4v) is 5.48. The van der Waals surface area contributed by atoms with Crippen LogP contribution in [0.3, 0.4) is 0 Å². The van der Waals surface area contributed by atoms with E-state index in [0.29, 0.717) is 16.6 Å². The quantitative estimate of drug-likeness (QED) is 0.330. The number of halogens is 2. The number of hydrogen-bond donors (Lipinski definition) is 1. The summed E-state index contributed by atoms with van der Waals surface area (Å²) >= 11 is 12.1. The Morgan fingerprint density at radius 3 is 2.21 bits per heavy atom. The van der Waals surface area contributed by atoms with Crippen molar-refractivity contribution in [3.8, 4) is 0 Å². The number of nitrogens with zero attached hydrogens (tertiary/aromatic N) is 2. The van der Waals surface area contributed by atoms with Gasteiger partial charge in [0.1, 0.15) is 12.6 Å². The van der Waals surface area contributed by atoms with Gasteiger partial charge in [-0.3, -0.25) is 13.9 Å². The first kappa shape index (κ1) is 29.5. The largest absolute Gasteiger partial charge is 0.354 e. The smallest absolute Gasteiger partial charge is 0.264 e. The van der Waals surface area contributed by atoms with Crippen molar-refractivity contribution < 1.29 is 18.0 Å². The van der Waals surface area contributed by atoms with Crippen LogP contribution in [0.5, 0.6) is 0 Å². The number of hydrogen-bond acceptors (Lipinski definition) is 4. The first-order chi connectivity index (χ1) is 18.0. The molecule has 0 aliphatic carbocycles. The van der Waals surface area contributed by atoms with Gasteiger partial charge in [-0.05, 0) is 68.3 Å². The maximum Gasteiger partial charge on any atom is 0.264 e. The highest BCUT2D eigenvalue weighted by Gasteiger charge is 2.32. The lowest BCUT2D eigenvalue weighted by molar-refractivity contribution is -0.139. The van der Waals surface area contributed by atoms with Gasteiger partial charge in [-0.1, -0.05) is 66.0 Å². The molecule has 0 bridgehead atoms. The highest BCUT2D eigenvalue weighted by Crippen LogP contribution is 2.27. The van der Waals surface area contributed by atoms with E-state index in [9.17, 15) is 18.0 Å². The van der Waals surface area contributed by atoms with E-state index in [4.69, 9.17) is 23.2 Å². The second-order valence-corrected chi connectivity index (χ2v) is 11.7. The third-order valence-electron chi connectivity index (χ3n) is 5.97. The maximum atomic E-state index is 13.8. The average Bonchev–Trinajstić information content (AvgIpc) is 2.89.